The van der Waals surface area contributed by atoms with E-state index in [9.17, 15) is 40.9 Å². The molecule has 14 nitrogen and oxygen atoms in total. The number of methoxy groups -OCH3 is 1. The van der Waals surface area contributed by atoms with E-state index in [0.29, 0.717) is 0 Å². The van der Waals surface area contributed by atoms with Crippen molar-refractivity contribution in [3.63, 3.8) is 0 Å². The number of ether oxygens (including phenoxy) is 6. The molecule has 0 aromatic carbocycles. The van der Waals surface area contributed by atoms with Crippen molar-refractivity contribution in [2.75, 3.05) is 20.3 Å². The van der Waals surface area contributed by atoms with Crippen LogP contribution in [0.4, 0.5) is 0 Å². The molecule has 14 heteroatoms. The monoisotopic (exact) mass is 500 g/mol. The minimum atomic E-state index is -1.74. The largest absolute Gasteiger partial charge is 0.394 e. The van der Waals surface area contributed by atoms with Crippen molar-refractivity contribution in [3.8, 4) is 0 Å². The van der Waals surface area contributed by atoms with Crippen LogP contribution in [0.15, 0.2) is 0 Å². The molecule has 0 bridgehead atoms. The summed E-state index contributed by atoms with van der Waals surface area (Å²) in [6, 6.07) is 0. The summed E-state index contributed by atoms with van der Waals surface area (Å²) < 4.78 is 32.8. The lowest BCUT2D eigenvalue weighted by atomic mass is 9.96. The molecular weight excluding hydrogens is 464 g/mol. The van der Waals surface area contributed by atoms with Gasteiger partial charge in [0.05, 0.1) is 25.4 Å². The number of aliphatic hydroxyl groups is 8. The van der Waals surface area contributed by atoms with Gasteiger partial charge in [0.1, 0.15) is 54.9 Å². The van der Waals surface area contributed by atoms with Crippen LogP contribution in [0.1, 0.15) is 19.8 Å². The Morgan fingerprint density at radius 3 is 1.76 bits per heavy atom. The van der Waals surface area contributed by atoms with Crippen LogP contribution >= 0.6 is 0 Å². The van der Waals surface area contributed by atoms with E-state index in [1.807, 2.05) is 0 Å². The molecule has 3 aliphatic rings. The Morgan fingerprint density at radius 2 is 1.21 bits per heavy atom. The fourth-order valence-corrected chi connectivity index (χ4v) is 4.39. The number of hydrogen-bond acceptors (Lipinski definition) is 14. The van der Waals surface area contributed by atoms with Gasteiger partial charge in [0.15, 0.2) is 18.9 Å². The molecular formula is C20H36O14. The zero-order valence-electron chi connectivity index (χ0n) is 18.9. The van der Waals surface area contributed by atoms with Crippen molar-refractivity contribution in [2.24, 2.45) is 0 Å². The Labute approximate surface area is 196 Å². The van der Waals surface area contributed by atoms with Crippen LogP contribution in [0.25, 0.3) is 0 Å². The predicted octanol–water partition coefficient (Wildman–Crippen LogP) is -4.47. The SMILES string of the molecule is CCC1O[C@@H](O[C@H]2C(CO)O[C@@H](O[C@H]3C(CO)O[C@@H](OC)C[C@@H]3O)C(O)[C@@H]2O)C(O)[C@H](O)[C@H]1O. The molecule has 3 heterocycles. The van der Waals surface area contributed by atoms with Crippen LogP contribution in [0.3, 0.4) is 0 Å². The normalized spacial score (nSPS) is 50.3. The summed E-state index contributed by atoms with van der Waals surface area (Å²) in [5, 5.41) is 81.5. The Balaban J connectivity index is 1.69. The molecule has 200 valence electrons. The Kier molecular flexibility index (Phi) is 9.99. The highest BCUT2D eigenvalue weighted by atomic mass is 16.8. The van der Waals surface area contributed by atoms with E-state index in [1.54, 1.807) is 6.92 Å². The van der Waals surface area contributed by atoms with Gasteiger partial charge < -0.3 is 69.3 Å². The van der Waals surface area contributed by atoms with E-state index < -0.39 is 99.2 Å². The van der Waals surface area contributed by atoms with Crippen molar-refractivity contribution >= 4 is 0 Å². The fourth-order valence-electron chi connectivity index (χ4n) is 4.39. The first-order valence-corrected chi connectivity index (χ1v) is 11.3. The van der Waals surface area contributed by atoms with Gasteiger partial charge in [-0.3, -0.25) is 0 Å². The highest BCUT2D eigenvalue weighted by Crippen LogP contribution is 2.32. The van der Waals surface area contributed by atoms with E-state index in [-0.39, 0.29) is 12.8 Å². The minimum Gasteiger partial charge on any atom is -0.394 e. The summed E-state index contributed by atoms with van der Waals surface area (Å²) in [6.45, 7) is 0.457. The summed E-state index contributed by atoms with van der Waals surface area (Å²) >= 11 is 0. The molecule has 0 aromatic rings. The topological polar surface area (TPSA) is 217 Å². The molecule has 14 atom stereocenters. The molecule has 0 aromatic heterocycles. The van der Waals surface area contributed by atoms with Gasteiger partial charge in [0, 0.05) is 13.5 Å². The summed E-state index contributed by atoms with van der Waals surface area (Å²) in [6.07, 6.45) is -18.5. The molecule has 3 aliphatic heterocycles. The van der Waals surface area contributed by atoms with E-state index in [2.05, 4.69) is 0 Å². The van der Waals surface area contributed by atoms with Gasteiger partial charge >= 0.3 is 0 Å². The summed E-state index contributed by atoms with van der Waals surface area (Å²) in [7, 11) is 1.37. The number of aliphatic hydroxyl groups excluding tert-OH is 8. The zero-order chi connectivity index (χ0) is 25.2. The van der Waals surface area contributed by atoms with Gasteiger partial charge in [-0.15, -0.1) is 0 Å². The van der Waals surface area contributed by atoms with Gasteiger partial charge in [0.2, 0.25) is 0 Å². The molecule has 0 spiro atoms. The lowest BCUT2D eigenvalue weighted by Crippen LogP contribution is -2.65. The molecule has 5 unspecified atom stereocenters. The van der Waals surface area contributed by atoms with Crippen LogP contribution < -0.4 is 0 Å². The molecule has 3 fully saturated rings. The van der Waals surface area contributed by atoms with Crippen LogP contribution in [0.2, 0.25) is 0 Å². The standard InChI is InChI=1S/C20H36O14/c1-3-8-12(24)13(25)15(27)19(31-8)34-18-10(6-22)32-20(16(28)14(18)26)33-17-7(23)4-11(29-2)30-9(17)5-21/h7-28H,3-6H2,1-2H3/t7-,8?,9?,10?,11+,12-,13+,14-,15?,16?,17+,18-,19-,20-/m0/s1. The third-order valence-electron chi connectivity index (χ3n) is 6.42. The van der Waals surface area contributed by atoms with Gasteiger partial charge in [-0.1, -0.05) is 6.92 Å². The average Bonchev–Trinajstić information content (AvgIpc) is 2.84. The first kappa shape index (κ1) is 28.0. The van der Waals surface area contributed by atoms with Crippen molar-refractivity contribution in [1.82, 2.24) is 0 Å². The molecule has 0 radical (unpaired) electrons. The third kappa shape index (κ3) is 5.71. The maximum absolute atomic E-state index is 10.7. The van der Waals surface area contributed by atoms with Crippen molar-refractivity contribution in [3.05, 3.63) is 0 Å². The van der Waals surface area contributed by atoms with Gasteiger partial charge in [0.25, 0.3) is 0 Å². The minimum absolute atomic E-state index is 0.0158. The Hall–Kier alpha value is -0.560. The average molecular weight is 500 g/mol. The summed E-state index contributed by atoms with van der Waals surface area (Å²) in [4.78, 5) is 0. The number of hydrogen-bond donors (Lipinski definition) is 8. The second kappa shape index (κ2) is 12.1. The molecule has 3 rings (SSSR count). The lowest BCUT2D eigenvalue weighted by molar-refractivity contribution is -0.372. The van der Waals surface area contributed by atoms with E-state index in [1.165, 1.54) is 7.11 Å². The lowest BCUT2D eigenvalue weighted by Gasteiger charge is -2.47. The molecule has 34 heavy (non-hydrogen) atoms. The van der Waals surface area contributed by atoms with Gasteiger partial charge in [-0.2, -0.15) is 0 Å². The van der Waals surface area contributed by atoms with E-state index in [0.717, 1.165) is 0 Å². The fraction of sp³-hybridized carbons (Fsp3) is 1.00. The van der Waals surface area contributed by atoms with Crippen LogP contribution in [-0.2, 0) is 28.4 Å². The molecule has 0 amide bonds. The second-order valence-corrected chi connectivity index (χ2v) is 8.66. The summed E-state index contributed by atoms with van der Waals surface area (Å²) in [5.41, 5.74) is 0. The van der Waals surface area contributed by atoms with E-state index >= 15 is 0 Å². The third-order valence-corrected chi connectivity index (χ3v) is 6.42. The second-order valence-electron chi connectivity index (χ2n) is 8.66. The maximum Gasteiger partial charge on any atom is 0.187 e. The first-order valence-electron chi connectivity index (χ1n) is 11.3. The van der Waals surface area contributed by atoms with Crippen molar-refractivity contribution in [2.45, 2.75) is 106 Å². The molecule has 0 aliphatic carbocycles. The van der Waals surface area contributed by atoms with E-state index in [4.69, 9.17) is 28.4 Å². The highest BCUT2D eigenvalue weighted by Gasteiger charge is 2.52. The van der Waals surface area contributed by atoms with Crippen LogP contribution in [-0.4, -0.2) is 147 Å². The maximum atomic E-state index is 10.7. The summed E-state index contributed by atoms with van der Waals surface area (Å²) in [5.74, 6) is 0. The molecule has 0 saturated carbocycles. The van der Waals surface area contributed by atoms with Gasteiger partial charge in [-0.25, -0.2) is 0 Å². The van der Waals surface area contributed by atoms with Crippen molar-refractivity contribution in [1.29, 1.82) is 0 Å². The highest BCUT2D eigenvalue weighted by molar-refractivity contribution is 4.95. The first-order chi connectivity index (χ1) is 16.2. The predicted molar refractivity (Wildman–Crippen MR) is 108 cm³/mol. The Morgan fingerprint density at radius 1 is 0.676 bits per heavy atom. The smallest absolute Gasteiger partial charge is 0.187 e. The molecule has 3 saturated heterocycles. The van der Waals surface area contributed by atoms with Crippen LogP contribution in [0, 0.1) is 0 Å². The Bertz CT molecular complexity index is 622. The quantitative estimate of drug-likeness (QED) is 0.158. The van der Waals surface area contributed by atoms with Gasteiger partial charge in [-0.05, 0) is 6.42 Å². The van der Waals surface area contributed by atoms with Crippen molar-refractivity contribution < 1.29 is 69.3 Å². The van der Waals surface area contributed by atoms with Crippen LogP contribution in [0.5, 0.6) is 0 Å². The molecule has 8 N–H and O–H groups in total. The number of rotatable bonds is 8. The zero-order valence-corrected chi connectivity index (χ0v) is 18.9.